The summed E-state index contributed by atoms with van der Waals surface area (Å²) in [4.78, 5) is 22.6. The Morgan fingerprint density at radius 3 is 2.41 bits per heavy atom. The highest BCUT2D eigenvalue weighted by atomic mass is 16.6. The summed E-state index contributed by atoms with van der Waals surface area (Å²) in [5, 5.41) is 2.64. The highest BCUT2D eigenvalue weighted by Gasteiger charge is 2.27. The molecular weight excluding hydrogens is 284 g/mol. The van der Waals surface area contributed by atoms with Gasteiger partial charge in [0.25, 0.3) is 0 Å². The van der Waals surface area contributed by atoms with Crippen molar-refractivity contribution in [3.63, 3.8) is 0 Å². The molecule has 6 heteroatoms. The fourth-order valence-electron chi connectivity index (χ4n) is 1.95. The van der Waals surface area contributed by atoms with Crippen LogP contribution in [0.1, 0.15) is 33.1 Å². The number of nitrogens with one attached hydrogen (secondary N) is 1. The minimum absolute atomic E-state index is 0.126. The third-order valence-electron chi connectivity index (χ3n) is 3.27. The van der Waals surface area contributed by atoms with Gasteiger partial charge in [0.2, 0.25) is 0 Å². The van der Waals surface area contributed by atoms with Crippen LogP contribution in [0.15, 0.2) is 30.3 Å². The van der Waals surface area contributed by atoms with Crippen molar-refractivity contribution in [2.24, 2.45) is 11.1 Å². The molecule has 0 spiro atoms. The first-order valence-corrected chi connectivity index (χ1v) is 7.36. The minimum Gasteiger partial charge on any atom is -0.449 e. The SMILES string of the molecule is CCCCC(C)(COC(N)=O)COC(=O)Nc1ccccc1. The number of amides is 2. The van der Waals surface area contributed by atoms with E-state index >= 15 is 0 Å². The second-order valence-electron chi connectivity index (χ2n) is 5.59. The quantitative estimate of drug-likeness (QED) is 0.768. The molecule has 1 rings (SSSR count). The lowest BCUT2D eigenvalue weighted by molar-refractivity contribution is 0.0372. The number of hydrogen-bond acceptors (Lipinski definition) is 4. The van der Waals surface area contributed by atoms with Crippen LogP contribution in [-0.2, 0) is 9.47 Å². The molecule has 0 heterocycles. The molecule has 22 heavy (non-hydrogen) atoms. The van der Waals surface area contributed by atoms with Crippen LogP contribution in [0.4, 0.5) is 15.3 Å². The zero-order chi connectivity index (χ0) is 16.4. The van der Waals surface area contributed by atoms with Crippen molar-refractivity contribution in [2.75, 3.05) is 18.5 Å². The topological polar surface area (TPSA) is 90.7 Å². The normalized spacial score (nSPS) is 13.0. The van der Waals surface area contributed by atoms with Crippen LogP contribution in [0.25, 0.3) is 0 Å². The molecule has 0 aliphatic carbocycles. The number of nitrogens with two attached hydrogens (primary N) is 1. The lowest BCUT2D eigenvalue weighted by atomic mass is 9.87. The fourth-order valence-corrected chi connectivity index (χ4v) is 1.95. The Bertz CT molecular complexity index is 478. The predicted octanol–water partition coefficient (Wildman–Crippen LogP) is 3.53. The van der Waals surface area contributed by atoms with Crippen molar-refractivity contribution < 1.29 is 19.1 Å². The number of rotatable bonds is 8. The number of hydrogen-bond donors (Lipinski definition) is 2. The summed E-state index contributed by atoms with van der Waals surface area (Å²) in [7, 11) is 0. The Kier molecular flexibility index (Phi) is 7.22. The van der Waals surface area contributed by atoms with Crippen LogP contribution in [0.5, 0.6) is 0 Å². The fraction of sp³-hybridized carbons (Fsp3) is 0.500. The van der Waals surface area contributed by atoms with Crippen molar-refractivity contribution in [2.45, 2.75) is 33.1 Å². The molecule has 0 saturated heterocycles. The summed E-state index contributed by atoms with van der Waals surface area (Å²) in [5.41, 5.74) is 5.22. The van der Waals surface area contributed by atoms with Gasteiger partial charge in [0.05, 0.1) is 0 Å². The largest absolute Gasteiger partial charge is 0.449 e. The first-order valence-electron chi connectivity index (χ1n) is 7.36. The zero-order valence-electron chi connectivity index (χ0n) is 13.1. The Labute approximate surface area is 131 Å². The number of primary amides is 1. The average Bonchev–Trinajstić information content (AvgIpc) is 2.50. The second-order valence-corrected chi connectivity index (χ2v) is 5.59. The highest BCUT2D eigenvalue weighted by molar-refractivity contribution is 5.84. The van der Waals surface area contributed by atoms with Crippen LogP contribution >= 0.6 is 0 Å². The van der Waals surface area contributed by atoms with E-state index < -0.39 is 17.6 Å². The van der Waals surface area contributed by atoms with Gasteiger partial charge in [-0.3, -0.25) is 5.32 Å². The molecule has 3 N–H and O–H groups in total. The summed E-state index contributed by atoms with van der Waals surface area (Å²) < 4.78 is 10.1. The summed E-state index contributed by atoms with van der Waals surface area (Å²) in [6.07, 6.45) is 1.37. The van der Waals surface area contributed by atoms with Crippen LogP contribution in [0.3, 0.4) is 0 Å². The van der Waals surface area contributed by atoms with Gasteiger partial charge in [0, 0.05) is 11.1 Å². The number of anilines is 1. The number of ether oxygens (including phenoxy) is 2. The van der Waals surface area contributed by atoms with E-state index in [0.717, 1.165) is 19.3 Å². The average molecular weight is 308 g/mol. The van der Waals surface area contributed by atoms with E-state index in [-0.39, 0.29) is 13.2 Å². The molecular formula is C16H24N2O4. The van der Waals surface area contributed by atoms with Gasteiger partial charge in [0.15, 0.2) is 0 Å². The van der Waals surface area contributed by atoms with Crippen LogP contribution in [0.2, 0.25) is 0 Å². The van der Waals surface area contributed by atoms with E-state index in [2.05, 4.69) is 12.2 Å². The molecule has 0 radical (unpaired) electrons. The minimum atomic E-state index is -0.823. The number of benzene rings is 1. The van der Waals surface area contributed by atoms with Crippen molar-refractivity contribution in [1.82, 2.24) is 0 Å². The lowest BCUT2D eigenvalue weighted by Crippen LogP contribution is -2.33. The van der Waals surface area contributed by atoms with Gasteiger partial charge in [-0.25, -0.2) is 9.59 Å². The summed E-state index contributed by atoms with van der Waals surface area (Å²) >= 11 is 0. The van der Waals surface area contributed by atoms with Gasteiger partial charge in [0.1, 0.15) is 13.2 Å². The maximum Gasteiger partial charge on any atom is 0.411 e. The van der Waals surface area contributed by atoms with Crippen molar-refractivity contribution in [3.05, 3.63) is 30.3 Å². The van der Waals surface area contributed by atoms with E-state index in [1.165, 1.54) is 0 Å². The van der Waals surface area contributed by atoms with Gasteiger partial charge in [-0.1, -0.05) is 44.9 Å². The first-order chi connectivity index (χ1) is 10.4. The molecule has 1 aromatic carbocycles. The maximum atomic E-state index is 11.8. The second kappa shape index (κ2) is 8.92. The molecule has 0 saturated carbocycles. The summed E-state index contributed by atoms with van der Waals surface area (Å²) in [6, 6.07) is 9.05. The third-order valence-corrected chi connectivity index (χ3v) is 3.27. The van der Waals surface area contributed by atoms with E-state index in [4.69, 9.17) is 15.2 Å². The molecule has 6 nitrogen and oxygen atoms in total. The van der Waals surface area contributed by atoms with E-state index in [0.29, 0.717) is 5.69 Å². The molecule has 2 amide bonds. The summed E-state index contributed by atoms with van der Waals surface area (Å²) in [6.45, 7) is 4.25. The van der Waals surface area contributed by atoms with Crippen molar-refractivity contribution in [1.29, 1.82) is 0 Å². The molecule has 1 unspecified atom stereocenters. The van der Waals surface area contributed by atoms with Crippen LogP contribution in [0, 0.1) is 5.41 Å². The Morgan fingerprint density at radius 1 is 1.18 bits per heavy atom. The van der Waals surface area contributed by atoms with Crippen LogP contribution < -0.4 is 11.1 Å². The van der Waals surface area contributed by atoms with Gasteiger partial charge in [-0.15, -0.1) is 0 Å². The molecule has 122 valence electrons. The number of unbranched alkanes of at least 4 members (excludes halogenated alkanes) is 1. The van der Waals surface area contributed by atoms with Gasteiger partial charge < -0.3 is 15.2 Å². The smallest absolute Gasteiger partial charge is 0.411 e. The monoisotopic (exact) mass is 308 g/mol. The lowest BCUT2D eigenvalue weighted by Gasteiger charge is -2.28. The maximum absolute atomic E-state index is 11.8. The summed E-state index contributed by atoms with van der Waals surface area (Å²) in [5.74, 6) is 0. The Balaban J connectivity index is 2.50. The number of carbonyl (C=O) groups is 2. The van der Waals surface area contributed by atoms with Gasteiger partial charge in [-0.05, 0) is 18.6 Å². The Hall–Kier alpha value is -2.24. The molecule has 0 aliphatic rings. The van der Waals surface area contributed by atoms with Crippen LogP contribution in [-0.4, -0.2) is 25.4 Å². The number of para-hydroxylation sites is 1. The predicted molar refractivity (Wildman–Crippen MR) is 84.6 cm³/mol. The Morgan fingerprint density at radius 2 is 1.82 bits per heavy atom. The molecule has 0 aromatic heterocycles. The standard InChI is InChI=1S/C16H24N2O4/c1-3-4-10-16(2,11-21-14(17)19)12-22-15(20)18-13-8-6-5-7-9-13/h5-9H,3-4,10-12H2,1-2H3,(H2,17,19)(H,18,20). The van der Waals surface area contributed by atoms with E-state index in [9.17, 15) is 9.59 Å². The number of carbonyl (C=O) groups excluding carboxylic acids is 2. The molecule has 1 atom stereocenters. The van der Waals surface area contributed by atoms with Gasteiger partial charge >= 0.3 is 12.2 Å². The van der Waals surface area contributed by atoms with E-state index in [1.54, 1.807) is 12.1 Å². The van der Waals surface area contributed by atoms with Crippen molar-refractivity contribution >= 4 is 17.9 Å². The molecule has 0 aliphatic heterocycles. The molecule has 0 bridgehead atoms. The molecule has 1 aromatic rings. The van der Waals surface area contributed by atoms with E-state index in [1.807, 2.05) is 25.1 Å². The zero-order valence-corrected chi connectivity index (χ0v) is 13.1. The van der Waals surface area contributed by atoms with Crippen molar-refractivity contribution in [3.8, 4) is 0 Å². The first kappa shape index (κ1) is 17.8. The molecule has 0 fully saturated rings. The van der Waals surface area contributed by atoms with Gasteiger partial charge in [-0.2, -0.15) is 0 Å². The highest BCUT2D eigenvalue weighted by Crippen LogP contribution is 2.25. The third kappa shape index (κ3) is 6.97.